The second-order valence-corrected chi connectivity index (χ2v) is 4.53. The summed E-state index contributed by atoms with van der Waals surface area (Å²) in [6, 6.07) is 13.0. The van der Waals surface area contributed by atoms with Gasteiger partial charge in [0.15, 0.2) is 0 Å². The van der Waals surface area contributed by atoms with Gasteiger partial charge in [0.2, 0.25) is 0 Å². The van der Waals surface area contributed by atoms with E-state index < -0.39 is 4.92 Å². The number of fused-ring (bicyclic) bond motifs is 1. The molecule has 0 atom stereocenters. The van der Waals surface area contributed by atoms with Crippen molar-refractivity contribution in [2.45, 2.75) is 6.42 Å². The third-order valence-electron chi connectivity index (χ3n) is 3.41. The van der Waals surface area contributed by atoms with Gasteiger partial charge in [-0.05, 0) is 30.2 Å². The zero-order chi connectivity index (χ0) is 13.4. The fourth-order valence-corrected chi connectivity index (χ4v) is 2.48. The van der Waals surface area contributed by atoms with Crippen molar-refractivity contribution in [3.63, 3.8) is 0 Å². The molecular weight excluding hydrogens is 242 g/mol. The molecule has 1 heterocycles. The number of rotatable bonds is 2. The van der Waals surface area contributed by atoms with Crippen molar-refractivity contribution in [1.82, 2.24) is 0 Å². The Hall–Kier alpha value is -2.56. The molecule has 1 aliphatic rings. The van der Waals surface area contributed by atoms with Crippen molar-refractivity contribution in [2.24, 2.45) is 0 Å². The number of anilines is 3. The zero-order valence-corrected chi connectivity index (χ0v) is 10.2. The minimum absolute atomic E-state index is 0.0452. The van der Waals surface area contributed by atoms with Gasteiger partial charge in [0, 0.05) is 24.0 Å². The highest BCUT2D eigenvalue weighted by Gasteiger charge is 2.21. The quantitative estimate of drug-likeness (QED) is 0.508. The van der Waals surface area contributed by atoms with Crippen LogP contribution in [0.2, 0.25) is 0 Å². The Morgan fingerprint density at radius 3 is 2.74 bits per heavy atom. The topological polar surface area (TPSA) is 72.4 Å². The van der Waals surface area contributed by atoms with Gasteiger partial charge in [-0.2, -0.15) is 0 Å². The van der Waals surface area contributed by atoms with Gasteiger partial charge in [-0.25, -0.2) is 0 Å². The van der Waals surface area contributed by atoms with E-state index in [1.54, 1.807) is 12.1 Å². The molecule has 1 aliphatic heterocycles. The summed E-state index contributed by atoms with van der Waals surface area (Å²) in [5, 5.41) is 10.8. The van der Waals surface area contributed by atoms with Crippen molar-refractivity contribution in [2.75, 3.05) is 17.2 Å². The monoisotopic (exact) mass is 255 g/mol. The van der Waals surface area contributed by atoms with Crippen LogP contribution in [0.25, 0.3) is 0 Å². The number of nitrogens with two attached hydrogens (primary N) is 1. The highest BCUT2D eigenvalue weighted by molar-refractivity contribution is 5.74. The summed E-state index contributed by atoms with van der Waals surface area (Å²) >= 11 is 0. The predicted octanol–water partition coefficient (Wildman–Crippen LogP) is 2.87. The van der Waals surface area contributed by atoms with Crippen molar-refractivity contribution in [3.8, 4) is 0 Å². The Balaban J connectivity index is 2.01. The van der Waals surface area contributed by atoms with E-state index in [1.807, 2.05) is 12.1 Å². The normalized spacial score (nSPS) is 13.4. The molecule has 0 spiro atoms. The van der Waals surface area contributed by atoms with Crippen molar-refractivity contribution in [3.05, 3.63) is 58.1 Å². The number of hydrogen-bond acceptors (Lipinski definition) is 4. The number of nitro groups is 1. The molecule has 2 aromatic rings. The molecule has 3 rings (SSSR count). The SMILES string of the molecule is Nc1cc(N2CCc3ccccc32)ccc1[N+](=O)[O-]. The molecule has 5 nitrogen and oxygen atoms in total. The fraction of sp³-hybridized carbons (Fsp3) is 0.143. The smallest absolute Gasteiger partial charge is 0.292 e. The summed E-state index contributed by atoms with van der Waals surface area (Å²) in [6.07, 6.45) is 0.979. The zero-order valence-electron chi connectivity index (χ0n) is 10.2. The molecular formula is C14H13N3O2. The van der Waals surface area contributed by atoms with Gasteiger partial charge in [-0.1, -0.05) is 18.2 Å². The van der Waals surface area contributed by atoms with Gasteiger partial charge in [-0.15, -0.1) is 0 Å². The highest BCUT2D eigenvalue weighted by atomic mass is 16.6. The van der Waals surface area contributed by atoms with Crippen LogP contribution in [0.5, 0.6) is 0 Å². The van der Waals surface area contributed by atoms with Crippen LogP contribution in [0.3, 0.4) is 0 Å². The Morgan fingerprint density at radius 1 is 1.21 bits per heavy atom. The molecule has 0 unspecified atom stereocenters. The average molecular weight is 255 g/mol. The molecule has 0 bridgehead atoms. The molecule has 0 aliphatic carbocycles. The first kappa shape index (κ1) is 11.5. The van der Waals surface area contributed by atoms with E-state index in [4.69, 9.17) is 5.73 Å². The number of hydrogen-bond donors (Lipinski definition) is 1. The molecule has 2 N–H and O–H groups in total. The molecule has 0 amide bonds. The van der Waals surface area contributed by atoms with E-state index in [2.05, 4.69) is 17.0 Å². The molecule has 19 heavy (non-hydrogen) atoms. The molecule has 5 heteroatoms. The number of nitro benzene ring substituents is 1. The van der Waals surface area contributed by atoms with Gasteiger partial charge >= 0.3 is 0 Å². The molecule has 2 aromatic carbocycles. The average Bonchev–Trinajstić information content (AvgIpc) is 2.82. The second kappa shape index (κ2) is 4.28. The number of nitrogen functional groups attached to an aromatic ring is 1. The van der Waals surface area contributed by atoms with Gasteiger partial charge in [0.1, 0.15) is 5.69 Å². The summed E-state index contributed by atoms with van der Waals surface area (Å²) in [4.78, 5) is 12.4. The Labute approximate surface area is 110 Å². The molecule has 0 fully saturated rings. The summed E-state index contributed by atoms with van der Waals surface area (Å²) in [5.74, 6) is 0. The van der Waals surface area contributed by atoms with Gasteiger partial charge < -0.3 is 10.6 Å². The first-order chi connectivity index (χ1) is 9.16. The highest BCUT2D eigenvalue weighted by Crippen LogP contribution is 2.36. The maximum Gasteiger partial charge on any atom is 0.292 e. The molecule has 0 saturated carbocycles. The maximum absolute atomic E-state index is 10.8. The van der Waals surface area contributed by atoms with E-state index in [-0.39, 0.29) is 11.4 Å². The van der Waals surface area contributed by atoms with Crippen LogP contribution in [0, 0.1) is 10.1 Å². The van der Waals surface area contributed by atoms with Crippen LogP contribution in [-0.2, 0) is 6.42 Å². The Morgan fingerprint density at radius 2 is 2.00 bits per heavy atom. The van der Waals surface area contributed by atoms with Gasteiger partial charge in [0.25, 0.3) is 5.69 Å². The van der Waals surface area contributed by atoms with Gasteiger partial charge in [-0.3, -0.25) is 10.1 Å². The lowest BCUT2D eigenvalue weighted by Gasteiger charge is -2.19. The van der Waals surface area contributed by atoms with E-state index in [0.717, 1.165) is 24.3 Å². The standard InChI is InChI=1S/C14H13N3O2/c15-12-9-11(5-6-14(12)17(18)19)16-8-7-10-3-1-2-4-13(10)16/h1-6,9H,7-8,15H2. The predicted molar refractivity (Wildman–Crippen MR) is 74.7 cm³/mol. The lowest BCUT2D eigenvalue weighted by molar-refractivity contribution is -0.383. The molecule has 0 aromatic heterocycles. The first-order valence-electron chi connectivity index (χ1n) is 6.06. The van der Waals surface area contributed by atoms with Crippen LogP contribution in [0.1, 0.15) is 5.56 Å². The fourth-order valence-electron chi connectivity index (χ4n) is 2.48. The maximum atomic E-state index is 10.8. The summed E-state index contributed by atoms with van der Waals surface area (Å²) in [7, 11) is 0. The largest absolute Gasteiger partial charge is 0.393 e. The minimum Gasteiger partial charge on any atom is -0.393 e. The second-order valence-electron chi connectivity index (χ2n) is 4.53. The van der Waals surface area contributed by atoms with Crippen LogP contribution in [-0.4, -0.2) is 11.5 Å². The summed E-state index contributed by atoms with van der Waals surface area (Å²) < 4.78 is 0. The van der Waals surface area contributed by atoms with E-state index >= 15 is 0 Å². The van der Waals surface area contributed by atoms with E-state index in [1.165, 1.54) is 11.6 Å². The molecule has 96 valence electrons. The summed E-state index contributed by atoms with van der Waals surface area (Å²) in [5.41, 5.74) is 9.23. The number of nitrogens with zero attached hydrogens (tertiary/aromatic N) is 2. The lowest BCUT2D eigenvalue weighted by Crippen LogP contribution is -2.13. The van der Waals surface area contributed by atoms with E-state index in [9.17, 15) is 10.1 Å². The lowest BCUT2D eigenvalue weighted by atomic mass is 10.2. The number of benzene rings is 2. The minimum atomic E-state index is -0.461. The van der Waals surface area contributed by atoms with Crippen LogP contribution >= 0.6 is 0 Å². The third kappa shape index (κ3) is 1.89. The Bertz CT molecular complexity index is 655. The third-order valence-corrected chi connectivity index (χ3v) is 3.41. The number of para-hydroxylation sites is 1. The first-order valence-corrected chi connectivity index (χ1v) is 6.06. The van der Waals surface area contributed by atoms with Crippen molar-refractivity contribution in [1.29, 1.82) is 0 Å². The van der Waals surface area contributed by atoms with Gasteiger partial charge in [0.05, 0.1) is 4.92 Å². The molecule has 0 radical (unpaired) electrons. The van der Waals surface area contributed by atoms with Crippen LogP contribution in [0.15, 0.2) is 42.5 Å². The van der Waals surface area contributed by atoms with Crippen LogP contribution < -0.4 is 10.6 Å². The van der Waals surface area contributed by atoms with Crippen molar-refractivity contribution < 1.29 is 4.92 Å². The van der Waals surface area contributed by atoms with Crippen LogP contribution in [0.4, 0.5) is 22.7 Å². The Kier molecular flexibility index (Phi) is 2.59. The molecule has 0 saturated heterocycles. The van der Waals surface area contributed by atoms with E-state index in [0.29, 0.717) is 0 Å². The summed E-state index contributed by atoms with van der Waals surface area (Å²) in [6.45, 7) is 0.872. The van der Waals surface area contributed by atoms with Crippen molar-refractivity contribution >= 4 is 22.7 Å².